The van der Waals surface area contributed by atoms with E-state index in [1.165, 1.54) is 6.33 Å². The van der Waals surface area contributed by atoms with Crippen molar-refractivity contribution in [2.75, 3.05) is 49.3 Å². The van der Waals surface area contributed by atoms with Crippen molar-refractivity contribution < 1.29 is 9.47 Å². The lowest BCUT2D eigenvalue weighted by Crippen LogP contribution is -2.17. The Morgan fingerprint density at radius 3 is 0.835 bits per heavy atom. The molecule has 0 atom stereocenters. The lowest BCUT2D eigenvalue weighted by Gasteiger charge is -2.20. The molecule has 0 saturated carbocycles. The van der Waals surface area contributed by atoms with Gasteiger partial charge in [0.1, 0.15) is 36.9 Å². The zero-order valence-electron chi connectivity index (χ0n) is 50.0. The Morgan fingerprint density at radius 2 is 0.588 bits per heavy atom. The first kappa shape index (κ1) is 75.5. The first-order valence-electron chi connectivity index (χ1n) is 26.1. The second-order valence-electron chi connectivity index (χ2n) is 14.7. The van der Waals surface area contributed by atoms with Gasteiger partial charge in [-0.1, -0.05) is 40.9 Å². The van der Waals surface area contributed by atoms with E-state index in [-0.39, 0.29) is 7.43 Å². The van der Waals surface area contributed by atoms with Gasteiger partial charge in [0, 0.05) is 306 Å². The number of nitrogens with one attached hydrogen (secondary N) is 3. The van der Waals surface area contributed by atoms with Crippen LogP contribution >= 0.6 is 15.9 Å². The number of halogens is 1. The molecule has 0 bridgehead atoms. The summed E-state index contributed by atoms with van der Waals surface area (Å²) in [6.45, 7) is 9.83. The van der Waals surface area contributed by atoms with Gasteiger partial charge in [-0.05, 0) is 141 Å². The zero-order valence-corrected chi connectivity index (χ0v) is 51.5. The third-order valence-corrected chi connectivity index (χ3v) is 9.08. The smallest absolute Gasteiger partial charge is 0.142 e. The van der Waals surface area contributed by atoms with Crippen molar-refractivity contribution in [3.63, 3.8) is 0 Å². The van der Waals surface area contributed by atoms with Gasteiger partial charge in [0.25, 0.3) is 0 Å². The highest BCUT2D eigenvalue weighted by Gasteiger charge is 2.13. The zero-order chi connectivity index (χ0) is 68.0. The van der Waals surface area contributed by atoms with Crippen molar-refractivity contribution in [1.29, 1.82) is 0 Å². The van der Waals surface area contributed by atoms with Gasteiger partial charge >= 0.3 is 0 Å². The minimum atomic E-state index is 0. The highest BCUT2D eigenvalue weighted by molar-refractivity contribution is 9.10. The van der Waals surface area contributed by atoms with Crippen LogP contribution in [0.4, 0.5) is 17.2 Å². The fourth-order valence-electron chi connectivity index (χ4n) is 5.16. The number of benzene rings is 2. The van der Waals surface area contributed by atoms with Crippen molar-refractivity contribution in [2.45, 2.75) is 7.43 Å². The Bertz CT molecular complexity index is 6200. The molecule has 2 aliphatic rings. The molecule has 3 N–H and O–H groups in total. The summed E-state index contributed by atoms with van der Waals surface area (Å²) in [6.07, 6.45) is 3.35. The van der Waals surface area contributed by atoms with Crippen molar-refractivity contribution in [1.82, 2.24) is 9.97 Å². The van der Waals surface area contributed by atoms with E-state index < -0.39 is 0 Å². The van der Waals surface area contributed by atoms with E-state index in [0.29, 0.717) is 6.61 Å². The molecule has 0 spiro atoms. The van der Waals surface area contributed by atoms with Gasteiger partial charge in [0.05, 0.1) is 11.4 Å². The van der Waals surface area contributed by atoms with Crippen LogP contribution in [0.1, 0.15) is 7.43 Å². The molecule has 0 amide bonds. The van der Waals surface area contributed by atoms with Crippen LogP contribution in [-0.4, -0.2) is 43.3 Å². The summed E-state index contributed by atoms with van der Waals surface area (Å²) in [4.78, 5) is 8.29. The average Bonchev–Trinajstić information content (AvgIpc) is 0.841. The number of anilines is 3. The van der Waals surface area contributed by atoms with E-state index in [0.717, 1.165) is 64.0 Å². The third-order valence-electron chi connectivity index (χ3n) is 8.58. The first-order chi connectivity index (χ1) is 47.7. The Hall–Kier alpha value is -17.6. The fourth-order valence-corrected chi connectivity index (χ4v) is 5.52. The first-order valence-corrected chi connectivity index (χ1v) is 26.9. The minimum absolute atomic E-state index is 0. The Labute approximate surface area is 567 Å². The summed E-state index contributed by atoms with van der Waals surface area (Å²) in [5, 5.41) is 9.64. The molecule has 2 aliphatic heterocycles. The van der Waals surface area contributed by atoms with Gasteiger partial charge in [-0.15, -0.1) is 0 Å². The van der Waals surface area contributed by atoms with Crippen LogP contribution in [0.2, 0.25) is 0 Å². The van der Waals surface area contributed by atoms with Gasteiger partial charge in [-0.3, -0.25) is 0 Å². The monoisotopic (exact) mass is 1280 g/mol. The molecule has 0 aliphatic carbocycles. The molecule has 5 rings (SSSR count). The summed E-state index contributed by atoms with van der Waals surface area (Å²) in [5.74, 6) is 2.66. The molecule has 97 heavy (non-hydrogen) atoms. The second kappa shape index (κ2) is 57.5. The molecule has 1 aromatic heterocycles. The van der Waals surface area contributed by atoms with Crippen LogP contribution in [0.25, 0.3) is 11.1 Å². The minimum Gasteiger partial charge on any atom is -0.490 e. The standard InChI is InChI=1S/C67H4.C13H14N4O.C8H8BrNO.CH4/c1-3-5-7-9-11-13-15-17-19-21-23-25-27-29-31-33-35-37-39-41-43-45-47-49-51-53-55-57-59-61-63-65-67-66-64-62-60-58-56-54-52-50-48-46-44-42-40-38-36-34-32-30-28-26-24-22-20-18-16-14-12-10-8-6-4-2;1-14-13-10(7-15-8-17-13)9-2-3-12-11(6-9)16-4-5-18-12;9-6-1-2-8-7(5-6)10-3-4-11-8;/h1-2H2;2-3,6-8,16H,4-5H2,1H3,(H,14,15,17);1-2,5,10H,3-4H2;1H4. The Morgan fingerprint density at radius 1 is 0.351 bits per heavy atom. The van der Waals surface area contributed by atoms with Crippen LogP contribution in [-0.2, 0) is 0 Å². The molecule has 0 unspecified atom stereocenters. The predicted octanol–water partition coefficient (Wildman–Crippen LogP) is 15.8. The molecule has 3 aromatic rings. The molecular formula is C89H30BrN5O2. The molecule has 0 radical (unpaired) electrons. The van der Waals surface area contributed by atoms with E-state index in [9.17, 15) is 0 Å². The SMILES string of the molecule is Brc1ccc2c(c1)NCCO2.C.C=C=C=C=C=C=C=C=C=C=C=C=C=C=C=C=C=C=C=C=C=C=C=C=C=C=C=C=C=C=C=C=C=C=C=C=C=C=C=C=C=C=C=C=C=C=C=C=C=C=C=C=C=C=C=C=C=C=C=C=C=C=C=C=C=C=C.CNc1ncncc1-c1ccc2c(c1)NCCO2. The van der Waals surface area contributed by atoms with Gasteiger partial charge in [0.15, 0.2) is 0 Å². The highest BCUT2D eigenvalue weighted by Crippen LogP contribution is 2.34. The number of aromatic nitrogens is 2. The maximum absolute atomic E-state index is 5.56. The quantitative estimate of drug-likeness (QED) is 0.221. The van der Waals surface area contributed by atoms with Crippen LogP contribution < -0.4 is 25.4 Å². The number of fused-ring (bicyclic) bond motifs is 2. The van der Waals surface area contributed by atoms with Gasteiger partial charge in [0.2, 0.25) is 0 Å². The summed E-state index contributed by atoms with van der Waals surface area (Å²) < 4.78 is 12.0. The normalized spacial score (nSPS) is 6.82. The fraction of sp³-hybridized carbons (Fsp3) is 0.0674. The van der Waals surface area contributed by atoms with E-state index in [4.69, 9.17) is 9.47 Å². The maximum Gasteiger partial charge on any atom is 0.142 e. The van der Waals surface area contributed by atoms with Crippen LogP contribution in [0.5, 0.6) is 11.5 Å². The van der Waals surface area contributed by atoms with Gasteiger partial charge < -0.3 is 25.4 Å². The molecule has 7 nitrogen and oxygen atoms in total. The molecular weight excluding hydrogens is 1250 g/mol. The summed E-state index contributed by atoms with van der Waals surface area (Å²) in [5.41, 5.74) is 166. The maximum atomic E-state index is 5.56. The average molecular weight is 1280 g/mol. The second-order valence-corrected chi connectivity index (χ2v) is 15.6. The highest BCUT2D eigenvalue weighted by atomic mass is 79.9. The molecule has 8 heteroatoms. The molecule has 430 valence electrons. The van der Waals surface area contributed by atoms with E-state index in [2.05, 4.69) is 434 Å². The van der Waals surface area contributed by atoms with E-state index in [1.807, 2.05) is 43.6 Å². The lowest BCUT2D eigenvalue weighted by atomic mass is 10.1. The number of nitrogens with zero attached hydrogens (tertiary/aromatic N) is 2. The van der Waals surface area contributed by atoms with Crippen LogP contribution in [0, 0.1) is 0 Å². The number of hydrogen-bond acceptors (Lipinski definition) is 7. The summed E-state index contributed by atoms with van der Waals surface area (Å²) in [6, 6.07) is 12.0. The molecule has 2 aromatic carbocycles. The predicted molar refractivity (Wildman–Crippen MR) is 365 cm³/mol. The topological polar surface area (TPSA) is 80.3 Å². The van der Waals surface area contributed by atoms with Crippen LogP contribution in [0.15, 0.2) is 439 Å². The Kier molecular flexibility index (Phi) is 44.8. The van der Waals surface area contributed by atoms with Gasteiger partial charge in [-0.25, -0.2) is 9.97 Å². The molecule has 0 saturated heterocycles. The largest absolute Gasteiger partial charge is 0.490 e. The summed E-state index contributed by atoms with van der Waals surface area (Å²) in [7, 11) is 1.85. The van der Waals surface area contributed by atoms with Crippen molar-refractivity contribution in [3.05, 3.63) is 439 Å². The molecule has 0 fully saturated rings. The summed E-state index contributed by atoms with van der Waals surface area (Å²) >= 11 is 3.39. The number of hydrogen-bond donors (Lipinski definition) is 3. The third kappa shape index (κ3) is 42.8. The van der Waals surface area contributed by atoms with E-state index >= 15 is 0 Å². The Balaban J connectivity index is 0.000000847. The van der Waals surface area contributed by atoms with Crippen molar-refractivity contribution in [3.8, 4) is 22.6 Å². The molecule has 3 heterocycles. The van der Waals surface area contributed by atoms with Crippen LogP contribution in [0.3, 0.4) is 0 Å². The van der Waals surface area contributed by atoms with Crippen molar-refractivity contribution in [2.24, 2.45) is 0 Å². The number of rotatable bonds is 2. The lowest BCUT2D eigenvalue weighted by molar-refractivity contribution is 0.323. The van der Waals surface area contributed by atoms with E-state index in [1.54, 1.807) is 0 Å². The number of ether oxygens (including phenoxy) is 2. The van der Waals surface area contributed by atoms with Crippen molar-refractivity contribution >= 4 is 33.1 Å². The van der Waals surface area contributed by atoms with Gasteiger partial charge in [-0.2, -0.15) is 0 Å².